The SMILES string of the molecule is CCC1(CC)CC(=O)N([C@@H]2CCOc3ccc(C(=O)NC4c5ccccc5OCC4O)cc32)C(=N)N1. The summed E-state index contributed by atoms with van der Waals surface area (Å²) in [5.41, 5.74) is 1.40. The minimum atomic E-state index is -0.882. The number of amides is 2. The molecule has 9 heteroatoms. The molecule has 2 aromatic rings. The Morgan fingerprint density at radius 2 is 1.92 bits per heavy atom. The molecule has 0 saturated carbocycles. The van der Waals surface area contributed by atoms with Gasteiger partial charge in [0.2, 0.25) is 5.91 Å². The van der Waals surface area contributed by atoms with Crippen LogP contribution in [-0.4, -0.2) is 52.6 Å². The third-order valence-corrected chi connectivity index (χ3v) is 7.66. The van der Waals surface area contributed by atoms with E-state index in [9.17, 15) is 14.7 Å². The first kappa shape index (κ1) is 24.1. The highest BCUT2D eigenvalue weighted by Gasteiger charge is 2.43. The van der Waals surface area contributed by atoms with E-state index in [1.807, 2.05) is 38.1 Å². The average molecular weight is 493 g/mol. The molecular weight excluding hydrogens is 460 g/mol. The summed E-state index contributed by atoms with van der Waals surface area (Å²) in [6, 6.07) is 11.4. The van der Waals surface area contributed by atoms with Crippen LogP contribution in [0.2, 0.25) is 0 Å². The number of para-hydroxylation sites is 1. The van der Waals surface area contributed by atoms with Gasteiger partial charge in [-0.05, 0) is 37.1 Å². The molecule has 3 heterocycles. The predicted octanol–water partition coefficient (Wildman–Crippen LogP) is 3.05. The zero-order chi connectivity index (χ0) is 25.4. The fourth-order valence-electron chi connectivity index (χ4n) is 5.39. The van der Waals surface area contributed by atoms with Crippen molar-refractivity contribution >= 4 is 17.8 Å². The monoisotopic (exact) mass is 492 g/mol. The Hall–Kier alpha value is -3.59. The maximum Gasteiger partial charge on any atom is 0.251 e. The Labute approximate surface area is 210 Å². The van der Waals surface area contributed by atoms with Crippen LogP contribution in [-0.2, 0) is 4.79 Å². The zero-order valence-electron chi connectivity index (χ0n) is 20.5. The number of carbonyl (C=O) groups is 2. The number of rotatable bonds is 5. The first-order valence-corrected chi connectivity index (χ1v) is 12.5. The van der Waals surface area contributed by atoms with E-state index in [0.717, 1.165) is 18.4 Å². The maximum absolute atomic E-state index is 13.3. The van der Waals surface area contributed by atoms with E-state index in [4.69, 9.17) is 14.9 Å². The highest BCUT2D eigenvalue weighted by molar-refractivity contribution is 6.00. The van der Waals surface area contributed by atoms with Crippen molar-refractivity contribution in [3.05, 3.63) is 59.2 Å². The van der Waals surface area contributed by atoms with Crippen molar-refractivity contribution in [1.82, 2.24) is 15.5 Å². The molecule has 1 saturated heterocycles. The van der Waals surface area contributed by atoms with Crippen LogP contribution < -0.4 is 20.1 Å². The molecule has 2 unspecified atom stereocenters. The van der Waals surface area contributed by atoms with E-state index in [0.29, 0.717) is 42.1 Å². The Balaban J connectivity index is 1.41. The number of hydrogen-bond donors (Lipinski definition) is 4. The second-order valence-corrected chi connectivity index (χ2v) is 9.67. The topological polar surface area (TPSA) is 124 Å². The number of fused-ring (bicyclic) bond motifs is 2. The number of benzene rings is 2. The van der Waals surface area contributed by atoms with Crippen LogP contribution in [0, 0.1) is 5.41 Å². The zero-order valence-corrected chi connectivity index (χ0v) is 20.5. The van der Waals surface area contributed by atoms with Crippen molar-refractivity contribution in [2.24, 2.45) is 0 Å². The third-order valence-electron chi connectivity index (χ3n) is 7.66. The fraction of sp³-hybridized carbons (Fsp3) is 0.444. The van der Waals surface area contributed by atoms with Crippen molar-refractivity contribution in [3.8, 4) is 11.5 Å². The van der Waals surface area contributed by atoms with Crippen molar-refractivity contribution in [2.45, 2.75) is 63.3 Å². The van der Waals surface area contributed by atoms with Gasteiger partial charge in [0, 0.05) is 28.7 Å². The molecule has 0 radical (unpaired) electrons. The number of nitrogens with one attached hydrogen (secondary N) is 3. The third kappa shape index (κ3) is 4.17. The van der Waals surface area contributed by atoms with Crippen LogP contribution in [0.1, 0.15) is 73.1 Å². The van der Waals surface area contributed by atoms with Crippen LogP contribution in [0.15, 0.2) is 42.5 Å². The predicted molar refractivity (Wildman–Crippen MR) is 133 cm³/mol. The molecule has 0 bridgehead atoms. The average Bonchev–Trinajstić information content (AvgIpc) is 2.89. The van der Waals surface area contributed by atoms with Crippen molar-refractivity contribution in [2.75, 3.05) is 13.2 Å². The molecule has 4 N–H and O–H groups in total. The number of nitrogens with zero attached hydrogens (tertiary/aromatic N) is 1. The van der Waals surface area contributed by atoms with Gasteiger partial charge in [-0.25, -0.2) is 0 Å². The number of aliphatic hydroxyl groups is 1. The summed E-state index contributed by atoms with van der Waals surface area (Å²) in [7, 11) is 0. The highest BCUT2D eigenvalue weighted by Crippen LogP contribution is 2.40. The molecule has 1 fully saturated rings. The first-order chi connectivity index (χ1) is 17.4. The van der Waals surface area contributed by atoms with Gasteiger partial charge in [-0.1, -0.05) is 32.0 Å². The summed E-state index contributed by atoms with van der Waals surface area (Å²) in [6.45, 7) is 4.55. The van der Waals surface area contributed by atoms with Gasteiger partial charge in [0.05, 0.1) is 25.1 Å². The van der Waals surface area contributed by atoms with Gasteiger partial charge in [-0.3, -0.25) is 19.9 Å². The van der Waals surface area contributed by atoms with E-state index in [2.05, 4.69) is 10.6 Å². The quantitative estimate of drug-likeness (QED) is 0.509. The fourth-order valence-corrected chi connectivity index (χ4v) is 5.39. The lowest BCUT2D eigenvalue weighted by Gasteiger charge is -2.45. The summed E-state index contributed by atoms with van der Waals surface area (Å²) in [5, 5.41) is 25.4. The molecule has 2 aromatic carbocycles. The summed E-state index contributed by atoms with van der Waals surface area (Å²) in [4.78, 5) is 28.1. The van der Waals surface area contributed by atoms with Gasteiger partial charge in [-0.2, -0.15) is 0 Å². The lowest BCUT2D eigenvalue weighted by molar-refractivity contribution is -0.133. The normalized spacial score (nSPS) is 24.5. The van der Waals surface area contributed by atoms with Crippen molar-refractivity contribution in [1.29, 1.82) is 5.41 Å². The van der Waals surface area contributed by atoms with Gasteiger partial charge in [-0.15, -0.1) is 0 Å². The van der Waals surface area contributed by atoms with Gasteiger partial charge in [0.25, 0.3) is 5.91 Å². The molecular formula is C27H32N4O5. The molecule has 0 aliphatic carbocycles. The second-order valence-electron chi connectivity index (χ2n) is 9.67. The van der Waals surface area contributed by atoms with Crippen LogP contribution in [0.5, 0.6) is 11.5 Å². The molecule has 3 aliphatic rings. The Bertz CT molecular complexity index is 1170. The smallest absolute Gasteiger partial charge is 0.251 e. The Morgan fingerprint density at radius 1 is 1.17 bits per heavy atom. The van der Waals surface area contributed by atoms with E-state index < -0.39 is 23.7 Å². The molecule has 3 atom stereocenters. The van der Waals surface area contributed by atoms with Crippen molar-refractivity contribution < 1.29 is 24.2 Å². The van der Waals surface area contributed by atoms with E-state index in [1.165, 1.54) is 4.90 Å². The standard InChI is InChI=1S/C27H32N4O5/c1-3-27(4-2)14-23(33)31(26(28)30-27)19-11-12-35-22-10-9-16(13-18(19)22)25(34)29-24-17-7-5-6-8-21(17)36-15-20(24)32/h5-10,13,19-20,24,32H,3-4,11-12,14-15H2,1-2H3,(H2,28,30)(H,29,34)/t19-,20?,24?/m1/s1. The van der Waals surface area contributed by atoms with Gasteiger partial charge < -0.3 is 25.2 Å². The molecule has 5 rings (SSSR count). The summed E-state index contributed by atoms with van der Waals surface area (Å²) in [6.07, 6.45) is 1.46. The van der Waals surface area contributed by atoms with Crippen LogP contribution in [0.4, 0.5) is 0 Å². The molecule has 0 aromatic heterocycles. The van der Waals surface area contributed by atoms with E-state index in [-0.39, 0.29) is 24.4 Å². The van der Waals surface area contributed by atoms with Crippen LogP contribution in [0.25, 0.3) is 0 Å². The molecule has 0 spiro atoms. The number of aliphatic hydroxyl groups excluding tert-OH is 1. The Kier molecular flexibility index (Phi) is 6.34. The summed E-state index contributed by atoms with van der Waals surface area (Å²) in [5.74, 6) is 0.873. The molecule has 9 nitrogen and oxygen atoms in total. The summed E-state index contributed by atoms with van der Waals surface area (Å²) >= 11 is 0. The summed E-state index contributed by atoms with van der Waals surface area (Å²) < 4.78 is 11.4. The Morgan fingerprint density at radius 3 is 2.67 bits per heavy atom. The van der Waals surface area contributed by atoms with Gasteiger partial charge in [0.15, 0.2) is 5.96 Å². The van der Waals surface area contributed by atoms with Gasteiger partial charge in [0.1, 0.15) is 24.2 Å². The first-order valence-electron chi connectivity index (χ1n) is 12.5. The van der Waals surface area contributed by atoms with Gasteiger partial charge >= 0.3 is 0 Å². The van der Waals surface area contributed by atoms with E-state index >= 15 is 0 Å². The number of guanidine groups is 1. The van der Waals surface area contributed by atoms with Crippen LogP contribution in [0.3, 0.4) is 0 Å². The second kappa shape index (κ2) is 9.46. The number of hydrogen-bond acceptors (Lipinski definition) is 6. The lowest BCUT2D eigenvalue weighted by Crippen LogP contribution is -2.62. The largest absolute Gasteiger partial charge is 0.493 e. The maximum atomic E-state index is 13.3. The minimum Gasteiger partial charge on any atom is -0.493 e. The molecule has 2 amide bonds. The molecule has 190 valence electrons. The lowest BCUT2D eigenvalue weighted by atomic mass is 9.85. The highest BCUT2D eigenvalue weighted by atomic mass is 16.5. The van der Waals surface area contributed by atoms with Crippen molar-refractivity contribution in [3.63, 3.8) is 0 Å². The molecule has 36 heavy (non-hydrogen) atoms. The van der Waals surface area contributed by atoms with E-state index in [1.54, 1.807) is 18.2 Å². The molecule has 3 aliphatic heterocycles. The minimum absolute atomic E-state index is 0.0876. The van der Waals surface area contributed by atoms with Crippen LogP contribution >= 0.6 is 0 Å². The number of ether oxygens (including phenoxy) is 2. The number of carbonyl (C=O) groups excluding carboxylic acids is 2.